The second-order valence-corrected chi connectivity index (χ2v) is 9.54. The first-order valence-corrected chi connectivity index (χ1v) is 11.9. The summed E-state index contributed by atoms with van der Waals surface area (Å²) in [6.45, 7) is 5.58. The fourth-order valence-corrected chi connectivity index (χ4v) is 5.66. The van der Waals surface area contributed by atoms with Crippen LogP contribution in [0.15, 0.2) is 28.9 Å². The number of hydrogen-bond donors (Lipinski definition) is 3. The summed E-state index contributed by atoms with van der Waals surface area (Å²) in [6.07, 6.45) is 8.47. The van der Waals surface area contributed by atoms with Crippen LogP contribution in [0.1, 0.15) is 67.5 Å². The lowest BCUT2D eigenvalue weighted by molar-refractivity contribution is -0.130. The number of nitrogens with zero attached hydrogens (tertiary/aromatic N) is 1. The fraction of sp³-hybridized carbons (Fsp3) is 0.500. The summed E-state index contributed by atoms with van der Waals surface area (Å²) < 4.78 is 6.12. The van der Waals surface area contributed by atoms with Crippen LogP contribution in [-0.2, 0) is 10.3 Å². The molecular weight excluding hydrogens is 428 g/mol. The number of hydrogen-bond acceptors (Lipinski definition) is 5. The Balaban J connectivity index is 1.44. The van der Waals surface area contributed by atoms with Crippen molar-refractivity contribution in [3.63, 3.8) is 0 Å². The minimum absolute atomic E-state index is 0.0262. The van der Waals surface area contributed by atoms with Crippen molar-refractivity contribution < 1.29 is 14.0 Å². The van der Waals surface area contributed by atoms with E-state index in [1.54, 1.807) is 6.07 Å². The van der Waals surface area contributed by atoms with Gasteiger partial charge in [-0.25, -0.2) is 0 Å². The Kier molecular flexibility index (Phi) is 5.53. The summed E-state index contributed by atoms with van der Waals surface area (Å²) in [6, 6.07) is 3.53. The first-order valence-electron chi connectivity index (χ1n) is 11.5. The molecule has 8 heteroatoms. The van der Waals surface area contributed by atoms with Gasteiger partial charge in [-0.05, 0) is 44.2 Å². The third-order valence-electron chi connectivity index (χ3n) is 6.94. The number of carbonyl (C=O) groups is 2. The fourth-order valence-electron chi connectivity index (χ4n) is 5.40. The Morgan fingerprint density at radius 3 is 2.59 bits per heavy atom. The number of fused-ring (bicyclic) bond motifs is 4. The van der Waals surface area contributed by atoms with Crippen molar-refractivity contribution >= 4 is 40.1 Å². The molecule has 32 heavy (non-hydrogen) atoms. The maximum Gasteiger partial charge on any atom is 0.287 e. The van der Waals surface area contributed by atoms with Crippen LogP contribution in [0, 0.1) is 0 Å². The van der Waals surface area contributed by atoms with Gasteiger partial charge >= 0.3 is 0 Å². The molecule has 0 unspecified atom stereocenters. The predicted molar refractivity (Wildman–Crippen MR) is 125 cm³/mol. The Labute approximate surface area is 192 Å². The van der Waals surface area contributed by atoms with Crippen LogP contribution in [0.25, 0.3) is 11.0 Å². The minimum Gasteiger partial charge on any atom is -0.450 e. The molecule has 2 amide bonds. The highest BCUT2D eigenvalue weighted by Crippen LogP contribution is 2.49. The van der Waals surface area contributed by atoms with Crippen LogP contribution >= 0.6 is 11.6 Å². The number of piperidine rings is 1. The van der Waals surface area contributed by atoms with Crippen LogP contribution in [-0.4, -0.2) is 36.3 Å². The van der Waals surface area contributed by atoms with Crippen molar-refractivity contribution in [3.05, 3.63) is 40.9 Å². The summed E-state index contributed by atoms with van der Waals surface area (Å²) in [7, 11) is 0. The zero-order valence-electron chi connectivity index (χ0n) is 18.2. The van der Waals surface area contributed by atoms with Crippen molar-refractivity contribution in [1.29, 1.82) is 0 Å². The molecule has 2 aromatic rings. The quantitative estimate of drug-likeness (QED) is 0.634. The number of halogens is 1. The first-order chi connectivity index (χ1) is 15.5. The molecule has 1 spiro atoms. The predicted octanol–water partition coefficient (Wildman–Crippen LogP) is 4.47. The van der Waals surface area contributed by atoms with E-state index in [-0.39, 0.29) is 23.8 Å². The summed E-state index contributed by atoms with van der Waals surface area (Å²) >= 11 is 6.64. The SMILES string of the molecule is C=C1Nc2c(Cl)cc3cc(C(=O)NCC(=O)N4CCCCC4)oc3c2C2(CCCCC2)N1. The molecule has 5 rings (SSSR count). The summed E-state index contributed by atoms with van der Waals surface area (Å²) in [5, 5.41) is 10.9. The zero-order valence-corrected chi connectivity index (χ0v) is 18.9. The summed E-state index contributed by atoms with van der Waals surface area (Å²) in [4.78, 5) is 27.0. The number of anilines is 1. The number of carbonyl (C=O) groups excluding carboxylic acids is 2. The van der Waals surface area contributed by atoms with Crippen LogP contribution in [0.2, 0.25) is 5.02 Å². The van der Waals surface area contributed by atoms with Gasteiger partial charge in [-0.3, -0.25) is 9.59 Å². The van der Waals surface area contributed by atoms with Crippen molar-refractivity contribution in [2.24, 2.45) is 0 Å². The van der Waals surface area contributed by atoms with Gasteiger partial charge in [-0.2, -0.15) is 0 Å². The zero-order chi connectivity index (χ0) is 22.3. The smallest absolute Gasteiger partial charge is 0.287 e. The summed E-state index contributed by atoms with van der Waals surface area (Å²) in [5.74, 6) is 0.464. The maximum absolute atomic E-state index is 12.8. The standard InChI is InChI=1S/C24H29ClN4O3/c1-15-27-21-17(25)12-16-13-18(23(31)26-14-19(30)29-10-6-3-7-11-29)32-22(16)20(21)24(28-15)8-4-2-5-9-24/h12-13,27-28H,1-11,14H2,(H,26,31). The Morgan fingerprint density at radius 2 is 1.84 bits per heavy atom. The van der Waals surface area contributed by atoms with E-state index in [1.165, 1.54) is 6.42 Å². The highest BCUT2D eigenvalue weighted by Gasteiger charge is 2.42. The van der Waals surface area contributed by atoms with E-state index in [4.69, 9.17) is 16.0 Å². The van der Waals surface area contributed by atoms with Gasteiger partial charge in [0.1, 0.15) is 5.58 Å². The van der Waals surface area contributed by atoms with Crippen LogP contribution in [0.4, 0.5) is 5.69 Å². The topological polar surface area (TPSA) is 86.6 Å². The van der Waals surface area contributed by atoms with Crippen LogP contribution < -0.4 is 16.0 Å². The second-order valence-electron chi connectivity index (χ2n) is 9.13. The normalized spacial score (nSPS) is 19.9. The van der Waals surface area contributed by atoms with Gasteiger partial charge in [-0.15, -0.1) is 0 Å². The summed E-state index contributed by atoms with van der Waals surface area (Å²) in [5.41, 5.74) is 2.11. The van der Waals surface area contributed by atoms with Gasteiger partial charge in [0, 0.05) is 24.0 Å². The monoisotopic (exact) mass is 456 g/mol. The molecule has 0 radical (unpaired) electrons. The molecule has 3 N–H and O–H groups in total. The Hall–Kier alpha value is -2.67. The van der Waals surface area contributed by atoms with Crippen molar-refractivity contribution in [2.75, 3.05) is 25.0 Å². The average Bonchev–Trinajstić information content (AvgIpc) is 3.22. The molecule has 3 aliphatic rings. The maximum atomic E-state index is 12.8. The third-order valence-corrected chi connectivity index (χ3v) is 7.24. The largest absolute Gasteiger partial charge is 0.450 e. The van der Waals surface area contributed by atoms with E-state index in [0.717, 1.165) is 80.5 Å². The molecule has 1 aliphatic carbocycles. The van der Waals surface area contributed by atoms with Gasteiger partial charge in [0.15, 0.2) is 5.76 Å². The highest BCUT2D eigenvalue weighted by molar-refractivity contribution is 6.34. The molecule has 170 valence electrons. The van der Waals surface area contributed by atoms with Gasteiger partial charge in [0.05, 0.1) is 28.6 Å². The number of benzene rings is 1. The van der Waals surface area contributed by atoms with Gasteiger partial charge in [-0.1, -0.05) is 37.4 Å². The molecular formula is C24H29ClN4O3. The molecule has 7 nitrogen and oxygen atoms in total. The third kappa shape index (κ3) is 3.72. The van der Waals surface area contributed by atoms with Gasteiger partial charge in [0.25, 0.3) is 5.91 Å². The Morgan fingerprint density at radius 1 is 1.12 bits per heavy atom. The molecule has 1 aromatic heterocycles. The van der Waals surface area contributed by atoms with Crippen LogP contribution in [0.5, 0.6) is 0 Å². The van der Waals surface area contributed by atoms with E-state index in [2.05, 4.69) is 22.5 Å². The van der Waals surface area contributed by atoms with E-state index >= 15 is 0 Å². The van der Waals surface area contributed by atoms with Crippen molar-refractivity contribution in [3.8, 4) is 0 Å². The molecule has 2 fully saturated rings. The average molecular weight is 457 g/mol. The lowest BCUT2D eigenvalue weighted by atomic mass is 9.74. The van der Waals surface area contributed by atoms with Gasteiger partial charge in [0.2, 0.25) is 5.91 Å². The number of nitrogens with one attached hydrogen (secondary N) is 3. The highest BCUT2D eigenvalue weighted by atomic mass is 35.5. The Bertz CT molecular complexity index is 1080. The molecule has 1 saturated heterocycles. The number of rotatable bonds is 3. The molecule has 2 aliphatic heterocycles. The van der Waals surface area contributed by atoms with Crippen molar-refractivity contribution in [1.82, 2.24) is 15.5 Å². The van der Waals surface area contributed by atoms with Crippen LogP contribution in [0.3, 0.4) is 0 Å². The lowest BCUT2D eigenvalue weighted by Gasteiger charge is -2.44. The van der Waals surface area contributed by atoms with Crippen molar-refractivity contribution in [2.45, 2.75) is 56.9 Å². The van der Waals surface area contributed by atoms with Gasteiger partial charge < -0.3 is 25.3 Å². The number of likely N-dealkylation sites (tertiary alicyclic amines) is 1. The van der Waals surface area contributed by atoms with E-state index in [1.807, 2.05) is 11.0 Å². The molecule has 1 aromatic carbocycles. The second kappa shape index (κ2) is 8.35. The minimum atomic E-state index is -0.393. The number of amides is 2. The lowest BCUT2D eigenvalue weighted by Crippen LogP contribution is -2.48. The molecule has 0 atom stereocenters. The van der Waals surface area contributed by atoms with E-state index < -0.39 is 5.91 Å². The molecule has 1 saturated carbocycles. The van der Waals surface area contributed by atoms with E-state index in [0.29, 0.717) is 10.6 Å². The first kappa shape index (κ1) is 21.2. The van der Waals surface area contributed by atoms with E-state index in [9.17, 15) is 9.59 Å². The molecule has 0 bridgehead atoms. The number of furan rings is 1. The molecule has 3 heterocycles.